The van der Waals surface area contributed by atoms with Crippen LogP contribution in [0.3, 0.4) is 0 Å². The zero-order valence-electron chi connectivity index (χ0n) is 24.5. The summed E-state index contributed by atoms with van der Waals surface area (Å²) in [5.74, 6) is 0.0666. The fourth-order valence-corrected chi connectivity index (χ4v) is 7.16. The van der Waals surface area contributed by atoms with Gasteiger partial charge in [0.15, 0.2) is 0 Å². The van der Waals surface area contributed by atoms with Crippen molar-refractivity contribution in [3.05, 3.63) is 52.3 Å². The first-order valence-electron chi connectivity index (χ1n) is 15.5. The second kappa shape index (κ2) is 13.9. The lowest BCUT2D eigenvalue weighted by Gasteiger charge is -2.33. The van der Waals surface area contributed by atoms with Crippen molar-refractivity contribution in [2.75, 3.05) is 25.0 Å². The highest BCUT2D eigenvalue weighted by atomic mass is 32.1. The molecule has 228 valence electrons. The number of ether oxygens (including phenoxy) is 1. The molecule has 2 saturated heterocycles. The minimum Gasteiger partial charge on any atom is -0.378 e. The number of aromatic nitrogens is 3. The van der Waals surface area contributed by atoms with E-state index in [9.17, 15) is 14.4 Å². The molecule has 1 aromatic carbocycles. The maximum atomic E-state index is 12.8. The van der Waals surface area contributed by atoms with Gasteiger partial charge in [-0.05, 0) is 61.8 Å². The number of hydrogen-bond donors (Lipinski definition) is 2. The number of rotatable bonds is 10. The van der Waals surface area contributed by atoms with Gasteiger partial charge in [0.1, 0.15) is 11.7 Å². The molecule has 11 heteroatoms. The second-order valence-electron chi connectivity index (χ2n) is 12.1. The van der Waals surface area contributed by atoms with Crippen molar-refractivity contribution in [3.8, 4) is 11.3 Å². The summed E-state index contributed by atoms with van der Waals surface area (Å²) < 4.78 is 7.77. The average molecular weight is 605 g/mol. The molecule has 1 unspecified atom stereocenters. The van der Waals surface area contributed by atoms with Gasteiger partial charge in [-0.1, -0.05) is 36.6 Å². The fourth-order valence-electron chi connectivity index (χ4n) is 6.28. The maximum Gasteiger partial charge on any atom is 0.251 e. The summed E-state index contributed by atoms with van der Waals surface area (Å²) >= 11 is 1.48. The topological polar surface area (TPSA) is 118 Å². The van der Waals surface area contributed by atoms with Gasteiger partial charge in [0.2, 0.25) is 11.8 Å². The molecule has 2 aliphatic heterocycles. The first-order valence-corrected chi connectivity index (χ1v) is 16.4. The third kappa shape index (κ3) is 7.95. The second-order valence-corrected chi connectivity index (χ2v) is 13.1. The Morgan fingerprint density at radius 3 is 2.60 bits per heavy atom. The highest BCUT2D eigenvalue weighted by Crippen LogP contribution is 2.27. The predicted molar refractivity (Wildman–Crippen MR) is 164 cm³/mol. The fraction of sp³-hybridized carbons (Fsp3) is 0.531. The number of carbonyl (C=O) groups excluding carboxylic acids is 3. The number of imide groups is 1. The van der Waals surface area contributed by atoms with Crippen LogP contribution in [0.25, 0.3) is 11.3 Å². The van der Waals surface area contributed by atoms with E-state index in [1.165, 1.54) is 53.7 Å². The van der Waals surface area contributed by atoms with Crippen LogP contribution >= 0.6 is 11.3 Å². The first-order chi connectivity index (χ1) is 21.0. The number of thiophene rings is 1. The molecular formula is C32H40N6O4S. The van der Waals surface area contributed by atoms with E-state index in [4.69, 9.17) is 4.74 Å². The molecule has 2 N–H and O–H groups in total. The molecule has 6 rings (SSSR count). The number of carbonyl (C=O) groups is 3. The lowest BCUT2D eigenvalue weighted by molar-refractivity contribution is -0.136. The normalized spacial score (nSPS) is 20.7. The van der Waals surface area contributed by atoms with Gasteiger partial charge in [-0.2, -0.15) is 0 Å². The van der Waals surface area contributed by atoms with Crippen molar-refractivity contribution in [3.63, 3.8) is 0 Å². The van der Waals surface area contributed by atoms with Gasteiger partial charge >= 0.3 is 0 Å². The Morgan fingerprint density at radius 1 is 1.05 bits per heavy atom. The van der Waals surface area contributed by atoms with Crippen LogP contribution in [0.5, 0.6) is 0 Å². The van der Waals surface area contributed by atoms with Crippen molar-refractivity contribution in [1.82, 2.24) is 25.2 Å². The molecule has 3 aliphatic rings. The van der Waals surface area contributed by atoms with E-state index < -0.39 is 6.04 Å². The van der Waals surface area contributed by atoms with Crippen molar-refractivity contribution in [2.24, 2.45) is 5.92 Å². The molecule has 3 fully saturated rings. The smallest absolute Gasteiger partial charge is 0.251 e. The monoisotopic (exact) mass is 604 g/mol. The number of anilines is 1. The predicted octanol–water partition coefficient (Wildman–Crippen LogP) is 4.73. The molecule has 43 heavy (non-hydrogen) atoms. The van der Waals surface area contributed by atoms with Crippen LogP contribution in [0.1, 0.15) is 74.3 Å². The Kier molecular flexibility index (Phi) is 9.60. The van der Waals surface area contributed by atoms with Crippen LogP contribution < -0.4 is 10.6 Å². The number of likely N-dealkylation sites (tertiary alicyclic amines) is 1. The number of nitrogens with one attached hydrogen (secondary N) is 2. The Morgan fingerprint density at radius 2 is 1.84 bits per heavy atom. The van der Waals surface area contributed by atoms with Gasteiger partial charge in [0, 0.05) is 54.2 Å². The van der Waals surface area contributed by atoms with Crippen LogP contribution in [0, 0.1) is 5.92 Å². The quantitative estimate of drug-likeness (QED) is 0.321. The van der Waals surface area contributed by atoms with E-state index >= 15 is 0 Å². The van der Waals surface area contributed by atoms with Gasteiger partial charge < -0.3 is 10.1 Å². The highest BCUT2D eigenvalue weighted by Gasteiger charge is 2.29. The third-order valence-electron chi connectivity index (χ3n) is 8.79. The molecule has 0 bridgehead atoms. The molecule has 10 nitrogen and oxygen atoms in total. The number of benzene rings is 1. The lowest BCUT2D eigenvalue weighted by Crippen LogP contribution is -2.41. The van der Waals surface area contributed by atoms with Crippen molar-refractivity contribution in [1.29, 1.82) is 0 Å². The average Bonchev–Trinajstić information content (AvgIpc) is 3.68. The van der Waals surface area contributed by atoms with Crippen LogP contribution in [0.2, 0.25) is 0 Å². The number of hydrogen-bond acceptors (Lipinski definition) is 8. The van der Waals surface area contributed by atoms with E-state index in [2.05, 4.69) is 38.0 Å². The summed E-state index contributed by atoms with van der Waals surface area (Å²) in [5.41, 5.74) is 3.50. The Balaban J connectivity index is 0.931. The minimum atomic E-state index is -0.545. The van der Waals surface area contributed by atoms with E-state index in [0.29, 0.717) is 18.2 Å². The summed E-state index contributed by atoms with van der Waals surface area (Å²) in [7, 11) is 0. The lowest BCUT2D eigenvalue weighted by atomic mass is 9.90. The molecule has 3 aromatic rings. The number of amides is 3. The molecule has 3 amide bonds. The summed E-state index contributed by atoms with van der Waals surface area (Å²) in [6, 6.07) is 9.51. The third-order valence-corrected chi connectivity index (χ3v) is 9.73. The molecule has 1 aliphatic carbocycles. The van der Waals surface area contributed by atoms with Crippen LogP contribution in [-0.4, -0.2) is 63.4 Å². The molecule has 0 radical (unpaired) electrons. The molecule has 2 aromatic heterocycles. The van der Waals surface area contributed by atoms with Crippen LogP contribution in [-0.2, 0) is 32.1 Å². The van der Waals surface area contributed by atoms with Gasteiger partial charge in [0.25, 0.3) is 5.91 Å². The van der Waals surface area contributed by atoms with Gasteiger partial charge in [-0.25, -0.2) is 4.68 Å². The van der Waals surface area contributed by atoms with Gasteiger partial charge in [-0.15, -0.1) is 16.4 Å². The van der Waals surface area contributed by atoms with Crippen molar-refractivity contribution in [2.45, 2.75) is 82.9 Å². The van der Waals surface area contributed by atoms with Gasteiger partial charge in [0.05, 0.1) is 18.7 Å². The standard InChI is InChI=1S/C32H40N6O4S/c39-30-11-10-29(32(41)34-30)38-19-28(35-36-38)24-16-27(43-21-24)17-31(40)33-25-8-6-22(7-9-25)18-37-14-12-26(13-15-37)42-20-23-4-2-1-3-5-23/h6-9,16,19,21,23,26,29H,1-5,10-15,17-18,20H2,(H,33,40)(H,34,39,41). The van der Waals surface area contributed by atoms with E-state index in [1.54, 1.807) is 6.20 Å². The molecule has 4 heterocycles. The summed E-state index contributed by atoms with van der Waals surface area (Å²) in [6.07, 6.45) is 12.1. The van der Waals surface area contributed by atoms with E-state index in [0.717, 1.165) is 61.1 Å². The summed E-state index contributed by atoms with van der Waals surface area (Å²) in [5, 5.41) is 15.6. The summed E-state index contributed by atoms with van der Waals surface area (Å²) in [4.78, 5) is 39.7. The maximum absolute atomic E-state index is 12.8. The van der Waals surface area contributed by atoms with E-state index in [-0.39, 0.29) is 30.6 Å². The zero-order chi connectivity index (χ0) is 29.6. The summed E-state index contributed by atoms with van der Waals surface area (Å²) in [6.45, 7) is 3.98. The molecular weight excluding hydrogens is 564 g/mol. The van der Waals surface area contributed by atoms with Crippen LogP contribution in [0.15, 0.2) is 41.9 Å². The molecule has 1 saturated carbocycles. The number of piperidine rings is 2. The SMILES string of the molecule is O=C1CCC(n2cc(-c3csc(CC(=O)Nc4ccc(CN5CCC(OCC6CCCCC6)CC5)cc4)c3)nn2)C(=O)N1. The Hall–Kier alpha value is -3.41. The first kappa shape index (κ1) is 29.7. The zero-order valence-corrected chi connectivity index (χ0v) is 25.3. The number of nitrogens with zero attached hydrogens (tertiary/aromatic N) is 4. The highest BCUT2D eigenvalue weighted by molar-refractivity contribution is 7.10. The van der Waals surface area contributed by atoms with Crippen molar-refractivity contribution >= 4 is 34.7 Å². The van der Waals surface area contributed by atoms with Crippen molar-refractivity contribution < 1.29 is 19.1 Å². The Labute approximate surface area is 256 Å². The van der Waals surface area contributed by atoms with Crippen LogP contribution in [0.4, 0.5) is 5.69 Å². The molecule has 1 atom stereocenters. The van der Waals surface area contributed by atoms with E-state index in [1.807, 2.05) is 23.6 Å². The minimum absolute atomic E-state index is 0.0800. The largest absolute Gasteiger partial charge is 0.378 e. The Bertz CT molecular complexity index is 1410. The molecule has 0 spiro atoms. The van der Waals surface area contributed by atoms with Gasteiger partial charge in [-0.3, -0.25) is 24.6 Å².